The number of fused-ring (bicyclic) bond motifs is 5. The Labute approximate surface area is 392 Å². The Morgan fingerprint density at radius 1 is 0.328 bits per heavy atom. The van der Waals surface area contributed by atoms with Gasteiger partial charge in [0.25, 0.3) is 0 Å². The van der Waals surface area contributed by atoms with Gasteiger partial charge in [0.2, 0.25) is 0 Å². The molecule has 1 aromatic heterocycles. The van der Waals surface area contributed by atoms with Gasteiger partial charge in [0.1, 0.15) is 0 Å². The molecule has 0 saturated carbocycles. The zero-order valence-electron chi connectivity index (χ0n) is 37.4. The number of hydrogen-bond acceptors (Lipinski definition) is 1. The van der Waals surface area contributed by atoms with Crippen LogP contribution in [0.2, 0.25) is 0 Å². The summed E-state index contributed by atoms with van der Waals surface area (Å²) in [6.45, 7) is 5.25. The first-order valence-electron chi connectivity index (χ1n) is 23.0. The van der Waals surface area contributed by atoms with Crippen LogP contribution >= 0.6 is 0 Å². The largest absolute Gasteiger partial charge is 0.311 e. The second-order valence-corrected chi connectivity index (χ2v) is 17.0. The fraction of sp³-hybridized carbons (Fsp3) is 0.0154. The van der Waals surface area contributed by atoms with Gasteiger partial charge in [0.15, 0.2) is 0 Å². The summed E-state index contributed by atoms with van der Waals surface area (Å²) in [6, 6.07) is 92.6. The minimum Gasteiger partial charge on any atom is -0.311 e. The maximum Gasteiger partial charge on any atom is 0.0541 e. The molecule has 0 fully saturated rings. The van der Waals surface area contributed by atoms with Gasteiger partial charge in [-0.3, -0.25) is 0 Å². The van der Waals surface area contributed by atoms with E-state index in [9.17, 15) is 0 Å². The molecule has 0 unspecified atom stereocenters. The van der Waals surface area contributed by atoms with E-state index in [1.165, 1.54) is 93.5 Å². The van der Waals surface area contributed by atoms with E-state index >= 15 is 0 Å². The third-order valence-corrected chi connectivity index (χ3v) is 12.8. The lowest BCUT2D eigenvalue weighted by Gasteiger charge is -2.26. The first kappa shape index (κ1) is 41.0. The molecule has 2 nitrogen and oxygen atoms in total. The van der Waals surface area contributed by atoms with Crippen LogP contribution in [-0.2, 0) is 0 Å². The predicted octanol–water partition coefficient (Wildman–Crippen LogP) is 18.4. The molecule has 0 bridgehead atoms. The lowest BCUT2D eigenvalue weighted by Crippen LogP contribution is -2.09. The fourth-order valence-electron chi connectivity index (χ4n) is 9.55. The highest BCUT2D eigenvalue weighted by Crippen LogP contribution is 2.40. The molecule has 0 radical (unpaired) electrons. The zero-order chi connectivity index (χ0) is 45.1. The lowest BCUT2D eigenvalue weighted by molar-refractivity contribution is 1.18. The Morgan fingerprint density at radius 3 is 1.40 bits per heavy atom. The monoisotopic (exact) mass is 856 g/mol. The van der Waals surface area contributed by atoms with Gasteiger partial charge >= 0.3 is 0 Å². The van der Waals surface area contributed by atoms with Crippen molar-refractivity contribution in [3.8, 4) is 50.2 Å². The first-order valence-corrected chi connectivity index (χ1v) is 23.0. The summed E-state index contributed by atoms with van der Waals surface area (Å²) in [6.07, 6.45) is 1.75. The molecule has 1 heterocycles. The molecular formula is C65H48N2. The SMILES string of the molecule is C=CC.c1ccc(-n2c3ccccc3c3cc(-c4ccc(-c5ccc(N(c6ccc(-c7ccc8ccccc8c7)cc6)c6ccc(-c7cccc8ccccc78)cc6)cc5)cc4)ccc32)cc1. The number of aromatic nitrogens is 1. The average Bonchev–Trinajstić information content (AvgIpc) is 3.73. The maximum atomic E-state index is 3.36. The molecule has 0 amide bonds. The first-order chi connectivity index (χ1) is 33.1. The van der Waals surface area contributed by atoms with E-state index < -0.39 is 0 Å². The number of allylic oxidation sites excluding steroid dienone is 1. The van der Waals surface area contributed by atoms with E-state index in [-0.39, 0.29) is 0 Å². The quantitative estimate of drug-likeness (QED) is 0.138. The Hall–Kier alpha value is -8.72. The normalized spacial score (nSPS) is 11.1. The Kier molecular flexibility index (Phi) is 11.0. The highest BCUT2D eigenvalue weighted by Gasteiger charge is 2.16. The molecule has 0 aliphatic rings. The van der Waals surface area contributed by atoms with Gasteiger partial charge in [0.05, 0.1) is 11.0 Å². The molecule has 318 valence electrons. The fourth-order valence-corrected chi connectivity index (χ4v) is 9.55. The van der Waals surface area contributed by atoms with Crippen LogP contribution in [0.1, 0.15) is 6.92 Å². The van der Waals surface area contributed by atoms with Crippen molar-refractivity contribution in [1.29, 1.82) is 0 Å². The number of rotatable bonds is 8. The summed E-state index contributed by atoms with van der Waals surface area (Å²) in [4.78, 5) is 2.36. The van der Waals surface area contributed by atoms with Crippen LogP contribution < -0.4 is 4.90 Å². The van der Waals surface area contributed by atoms with Crippen molar-refractivity contribution in [2.75, 3.05) is 4.90 Å². The highest BCUT2D eigenvalue weighted by molar-refractivity contribution is 6.10. The molecule has 0 N–H and O–H groups in total. The van der Waals surface area contributed by atoms with Crippen molar-refractivity contribution in [2.24, 2.45) is 0 Å². The number of nitrogens with zero attached hydrogens (tertiary/aromatic N) is 2. The molecule has 0 aliphatic carbocycles. The minimum absolute atomic E-state index is 1.10. The second-order valence-electron chi connectivity index (χ2n) is 17.0. The van der Waals surface area contributed by atoms with Gasteiger partial charge in [-0.15, -0.1) is 6.58 Å². The van der Waals surface area contributed by atoms with Crippen LogP contribution in [0.4, 0.5) is 17.1 Å². The van der Waals surface area contributed by atoms with Crippen LogP contribution in [0.15, 0.2) is 267 Å². The van der Waals surface area contributed by atoms with E-state index in [0.717, 1.165) is 17.1 Å². The van der Waals surface area contributed by atoms with Gasteiger partial charge in [-0.2, -0.15) is 0 Å². The molecule has 12 aromatic rings. The van der Waals surface area contributed by atoms with Crippen LogP contribution in [0.3, 0.4) is 0 Å². The number of hydrogen-bond donors (Lipinski definition) is 0. The van der Waals surface area contributed by atoms with Crippen molar-refractivity contribution >= 4 is 60.4 Å². The Bertz CT molecular complexity index is 3670. The van der Waals surface area contributed by atoms with Crippen LogP contribution in [0.25, 0.3) is 93.5 Å². The van der Waals surface area contributed by atoms with E-state index in [0.29, 0.717) is 0 Å². The van der Waals surface area contributed by atoms with E-state index in [1.54, 1.807) is 6.08 Å². The molecule has 0 atom stereocenters. The Balaban J connectivity index is 0.00000161. The smallest absolute Gasteiger partial charge is 0.0541 e. The van der Waals surface area contributed by atoms with Crippen molar-refractivity contribution in [3.05, 3.63) is 267 Å². The van der Waals surface area contributed by atoms with Crippen molar-refractivity contribution in [2.45, 2.75) is 6.92 Å². The summed E-state index contributed by atoms with van der Waals surface area (Å²) >= 11 is 0. The summed E-state index contributed by atoms with van der Waals surface area (Å²) in [5.74, 6) is 0. The van der Waals surface area contributed by atoms with Crippen LogP contribution in [0, 0.1) is 0 Å². The van der Waals surface area contributed by atoms with Crippen LogP contribution in [0.5, 0.6) is 0 Å². The van der Waals surface area contributed by atoms with Crippen molar-refractivity contribution in [3.63, 3.8) is 0 Å². The molecule has 0 aliphatic heterocycles. The standard InChI is InChI=1S/C62H42N2.C3H6/c1-2-15-53(16-3-1)64-61-20-9-8-18-59(61)60-42-52(33-40-62(60)64)46-23-21-44(22-24-46)45-27-34-54(35-28-45)63(55-36-29-47(30-37-55)51-26-25-43-11-4-5-13-50(43)41-51)56-38-31-49(32-39-56)58-19-10-14-48-12-6-7-17-57(48)58;1-3-2/h1-42H;3H,1H2,2H3. The summed E-state index contributed by atoms with van der Waals surface area (Å²) < 4.78 is 2.37. The third-order valence-electron chi connectivity index (χ3n) is 12.8. The lowest BCUT2D eigenvalue weighted by atomic mass is 9.97. The molecular weight excluding hydrogens is 809 g/mol. The van der Waals surface area contributed by atoms with E-state index in [2.05, 4.69) is 271 Å². The summed E-state index contributed by atoms with van der Waals surface area (Å²) in [5, 5.41) is 7.52. The molecule has 0 saturated heterocycles. The van der Waals surface area contributed by atoms with Gasteiger partial charge in [-0.05, 0) is 146 Å². The molecule has 12 rings (SSSR count). The predicted molar refractivity (Wildman–Crippen MR) is 288 cm³/mol. The summed E-state index contributed by atoms with van der Waals surface area (Å²) in [5.41, 5.74) is 16.5. The molecule has 67 heavy (non-hydrogen) atoms. The van der Waals surface area contributed by atoms with Gasteiger partial charge in [-0.1, -0.05) is 188 Å². The summed E-state index contributed by atoms with van der Waals surface area (Å²) in [7, 11) is 0. The third kappa shape index (κ3) is 7.96. The van der Waals surface area contributed by atoms with Crippen molar-refractivity contribution < 1.29 is 0 Å². The van der Waals surface area contributed by atoms with E-state index in [1.807, 2.05) is 6.92 Å². The van der Waals surface area contributed by atoms with Crippen molar-refractivity contribution in [1.82, 2.24) is 4.57 Å². The van der Waals surface area contributed by atoms with Crippen LogP contribution in [-0.4, -0.2) is 4.57 Å². The minimum atomic E-state index is 1.10. The maximum absolute atomic E-state index is 3.36. The van der Waals surface area contributed by atoms with Gasteiger partial charge in [-0.25, -0.2) is 0 Å². The molecule has 0 spiro atoms. The van der Waals surface area contributed by atoms with Gasteiger partial charge in [0, 0.05) is 33.5 Å². The molecule has 2 heteroatoms. The number of anilines is 3. The van der Waals surface area contributed by atoms with Gasteiger partial charge < -0.3 is 9.47 Å². The highest BCUT2D eigenvalue weighted by atomic mass is 15.1. The average molecular weight is 857 g/mol. The topological polar surface area (TPSA) is 8.17 Å². The zero-order valence-corrected chi connectivity index (χ0v) is 37.4. The Morgan fingerprint density at radius 2 is 0.761 bits per heavy atom. The second kappa shape index (κ2) is 18.0. The molecule has 11 aromatic carbocycles. The number of para-hydroxylation sites is 2. The number of benzene rings is 11. The van der Waals surface area contributed by atoms with E-state index in [4.69, 9.17) is 0 Å².